The quantitative estimate of drug-likeness (QED) is 0.704. The number of benzene rings is 1. The van der Waals surface area contributed by atoms with Gasteiger partial charge in [0.25, 0.3) is 5.91 Å². The number of nitrogens with zero attached hydrogens (tertiary/aromatic N) is 1. The van der Waals surface area contributed by atoms with E-state index < -0.39 is 0 Å². The third-order valence-electron chi connectivity index (χ3n) is 4.20. The number of rotatable bonds is 3. The summed E-state index contributed by atoms with van der Waals surface area (Å²) in [5.41, 5.74) is 4.84. The Morgan fingerprint density at radius 2 is 2.00 bits per heavy atom. The van der Waals surface area contributed by atoms with E-state index in [0.717, 1.165) is 23.3 Å². The minimum Gasteiger partial charge on any atom is -0.347 e. The number of nitrogens with one attached hydrogen (secondary N) is 1. The van der Waals surface area contributed by atoms with Crippen molar-refractivity contribution in [2.24, 2.45) is 0 Å². The molecular formula is C19H15ClN2OS. The Hall–Kier alpha value is -2.17. The Kier molecular flexibility index (Phi) is 4.08. The summed E-state index contributed by atoms with van der Waals surface area (Å²) in [7, 11) is 0. The first-order chi connectivity index (χ1) is 11.7. The van der Waals surface area contributed by atoms with Gasteiger partial charge in [-0.05, 0) is 47.2 Å². The van der Waals surface area contributed by atoms with Gasteiger partial charge in [-0.25, -0.2) is 4.98 Å². The molecular weight excluding hydrogens is 340 g/mol. The molecule has 3 aromatic rings. The summed E-state index contributed by atoms with van der Waals surface area (Å²) in [5.74, 6) is -0.0400. The number of halogens is 1. The van der Waals surface area contributed by atoms with E-state index in [4.69, 9.17) is 11.6 Å². The van der Waals surface area contributed by atoms with Gasteiger partial charge >= 0.3 is 0 Å². The van der Waals surface area contributed by atoms with Crippen LogP contribution in [0.3, 0.4) is 0 Å². The molecule has 0 fully saturated rings. The zero-order valence-corrected chi connectivity index (χ0v) is 14.5. The van der Waals surface area contributed by atoms with E-state index in [0.29, 0.717) is 11.7 Å². The van der Waals surface area contributed by atoms with Gasteiger partial charge < -0.3 is 5.32 Å². The third kappa shape index (κ3) is 2.95. The number of aromatic nitrogens is 1. The summed E-state index contributed by atoms with van der Waals surface area (Å²) in [6.45, 7) is 0.447. The predicted molar refractivity (Wildman–Crippen MR) is 97.6 cm³/mol. The highest BCUT2D eigenvalue weighted by atomic mass is 35.5. The van der Waals surface area contributed by atoms with Crippen molar-refractivity contribution in [3.05, 3.63) is 75.4 Å². The molecule has 0 radical (unpaired) electrons. The summed E-state index contributed by atoms with van der Waals surface area (Å²) in [5, 5.41) is 3.41. The highest BCUT2D eigenvalue weighted by molar-refractivity contribution is 7.17. The molecule has 0 saturated carbocycles. The van der Waals surface area contributed by atoms with Gasteiger partial charge in [0, 0.05) is 17.6 Å². The molecule has 2 heterocycles. The van der Waals surface area contributed by atoms with Crippen molar-refractivity contribution in [3.63, 3.8) is 0 Å². The van der Waals surface area contributed by atoms with E-state index in [9.17, 15) is 4.79 Å². The Morgan fingerprint density at radius 1 is 1.17 bits per heavy atom. The number of thiophene rings is 1. The molecule has 1 aliphatic carbocycles. The molecule has 4 rings (SSSR count). The second kappa shape index (κ2) is 6.38. The van der Waals surface area contributed by atoms with E-state index in [1.807, 2.05) is 12.1 Å². The zero-order valence-electron chi connectivity index (χ0n) is 12.9. The molecule has 1 amide bonds. The maximum atomic E-state index is 12.5. The first-order valence-corrected chi connectivity index (χ1v) is 9.00. The summed E-state index contributed by atoms with van der Waals surface area (Å²) >= 11 is 7.35. The molecule has 24 heavy (non-hydrogen) atoms. The highest BCUT2D eigenvalue weighted by Crippen LogP contribution is 2.39. The van der Waals surface area contributed by atoms with Crippen LogP contribution in [0.4, 0.5) is 0 Å². The summed E-state index contributed by atoms with van der Waals surface area (Å²) < 4.78 is 0. The van der Waals surface area contributed by atoms with Gasteiger partial charge in [0.05, 0.1) is 4.88 Å². The number of carbonyl (C=O) groups excluding carboxylic acids is 1. The minimum absolute atomic E-state index is 0.0400. The predicted octanol–water partition coefficient (Wildman–Crippen LogP) is 4.49. The normalized spacial score (nSPS) is 12.4. The van der Waals surface area contributed by atoms with Crippen LogP contribution in [0.15, 0.2) is 48.7 Å². The largest absolute Gasteiger partial charge is 0.347 e. The molecule has 3 nitrogen and oxygen atoms in total. The van der Waals surface area contributed by atoms with Gasteiger partial charge in [-0.2, -0.15) is 0 Å². The number of carbonyl (C=O) groups is 1. The van der Waals surface area contributed by atoms with E-state index in [-0.39, 0.29) is 5.91 Å². The van der Waals surface area contributed by atoms with Crippen molar-refractivity contribution in [2.45, 2.75) is 19.4 Å². The molecule has 5 heteroatoms. The van der Waals surface area contributed by atoms with E-state index >= 15 is 0 Å². The Balaban J connectivity index is 1.52. The van der Waals surface area contributed by atoms with Crippen LogP contribution in [0.5, 0.6) is 0 Å². The molecule has 0 atom stereocenters. The van der Waals surface area contributed by atoms with Crippen LogP contribution in [0, 0.1) is 0 Å². The van der Waals surface area contributed by atoms with Gasteiger partial charge in [-0.3, -0.25) is 4.79 Å². The van der Waals surface area contributed by atoms with Crippen molar-refractivity contribution in [1.29, 1.82) is 0 Å². The average Bonchev–Trinajstić information content (AvgIpc) is 3.06. The number of hydrogen-bond acceptors (Lipinski definition) is 3. The molecule has 0 unspecified atom stereocenters. The summed E-state index contributed by atoms with van der Waals surface area (Å²) in [4.78, 5) is 18.5. The third-order valence-corrected chi connectivity index (χ3v) is 5.63. The minimum atomic E-state index is -0.0400. The Morgan fingerprint density at radius 3 is 2.83 bits per heavy atom. The number of hydrogen-bond donors (Lipinski definition) is 1. The van der Waals surface area contributed by atoms with Crippen molar-refractivity contribution in [2.75, 3.05) is 0 Å². The molecule has 2 aromatic heterocycles. The molecule has 0 saturated heterocycles. The molecule has 0 aliphatic heterocycles. The van der Waals surface area contributed by atoms with Crippen molar-refractivity contribution < 1.29 is 4.79 Å². The highest BCUT2D eigenvalue weighted by Gasteiger charge is 2.21. The Bertz CT molecular complexity index is 902. The van der Waals surface area contributed by atoms with Crippen molar-refractivity contribution in [3.8, 4) is 10.4 Å². The maximum Gasteiger partial charge on any atom is 0.261 e. The summed E-state index contributed by atoms with van der Waals surface area (Å²) in [6, 6.07) is 14.1. The SMILES string of the molecule is O=C(NCc1ccc(Cl)nc1)c1cc2c(s1)-c1ccccc1CC2. The van der Waals surface area contributed by atoms with Crippen LogP contribution in [-0.4, -0.2) is 10.9 Å². The second-order valence-corrected chi connectivity index (χ2v) is 7.23. The van der Waals surface area contributed by atoms with Crippen LogP contribution < -0.4 is 5.32 Å². The zero-order chi connectivity index (χ0) is 16.5. The molecule has 0 spiro atoms. The maximum absolute atomic E-state index is 12.5. The lowest BCUT2D eigenvalue weighted by molar-refractivity contribution is 0.0955. The van der Waals surface area contributed by atoms with Crippen LogP contribution in [0.1, 0.15) is 26.4 Å². The van der Waals surface area contributed by atoms with E-state index in [2.05, 4.69) is 34.6 Å². The van der Waals surface area contributed by atoms with E-state index in [1.54, 1.807) is 23.6 Å². The van der Waals surface area contributed by atoms with Gasteiger partial charge in [0.15, 0.2) is 0 Å². The van der Waals surface area contributed by atoms with E-state index in [1.165, 1.54) is 21.6 Å². The number of pyridine rings is 1. The van der Waals surface area contributed by atoms with Crippen LogP contribution in [0.2, 0.25) is 5.15 Å². The van der Waals surface area contributed by atoms with Crippen LogP contribution in [0.25, 0.3) is 10.4 Å². The van der Waals surface area contributed by atoms with Crippen molar-refractivity contribution in [1.82, 2.24) is 10.3 Å². The van der Waals surface area contributed by atoms with Gasteiger partial charge in [-0.15, -0.1) is 11.3 Å². The van der Waals surface area contributed by atoms with Crippen molar-refractivity contribution >= 4 is 28.8 Å². The number of fused-ring (bicyclic) bond motifs is 3. The van der Waals surface area contributed by atoms with Crippen LogP contribution >= 0.6 is 22.9 Å². The molecule has 1 N–H and O–H groups in total. The molecule has 0 bridgehead atoms. The second-order valence-electron chi connectivity index (χ2n) is 5.79. The monoisotopic (exact) mass is 354 g/mol. The first kappa shape index (κ1) is 15.4. The fourth-order valence-electron chi connectivity index (χ4n) is 2.96. The lowest BCUT2D eigenvalue weighted by Crippen LogP contribution is -2.21. The fraction of sp³-hybridized carbons (Fsp3) is 0.158. The number of aryl methyl sites for hydroxylation is 2. The van der Waals surface area contributed by atoms with Gasteiger partial charge in [0.1, 0.15) is 5.15 Å². The fourth-order valence-corrected chi connectivity index (χ4v) is 4.26. The van der Waals surface area contributed by atoms with Gasteiger partial charge in [0.2, 0.25) is 0 Å². The van der Waals surface area contributed by atoms with Crippen LogP contribution in [-0.2, 0) is 19.4 Å². The first-order valence-electron chi connectivity index (χ1n) is 7.80. The smallest absolute Gasteiger partial charge is 0.261 e. The summed E-state index contributed by atoms with van der Waals surface area (Å²) in [6.07, 6.45) is 3.72. The Labute approximate surface area is 149 Å². The van der Waals surface area contributed by atoms with Gasteiger partial charge in [-0.1, -0.05) is 41.9 Å². The molecule has 1 aliphatic rings. The average molecular weight is 355 g/mol. The topological polar surface area (TPSA) is 42.0 Å². The molecule has 120 valence electrons. The lowest BCUT2D eigenvalue weighted by Gasteiger charge is -2.15. The standard InChI is InChI=1S/C19H15ClN2OS/c20-17-8-5-12(10-21-17)11-22-19(23)16-9-14-7-6-13-3-1-2-4-15(13)18(14)24-16/h1-5,8-10H,6-7,11H2,(H,22,23). The molecule has 1 aromatic carbocycles. The number of amides is 1. The lowest BCUT2D eigenvalue weighted by atomic mass is 9.91.